The second-order valence-electron chi connectivity index (χ2n) is 5.12. The lowest BCUT2D eigenvalue weighted by atomic mass is 10.2. The van der Waals surface area contributed by atoms with Crippen LogP contribution >= 0.6 is 11.3 Å². The highest BCUT2D eigenvalue weighted by Crippen LogP contribution is 2.32. The van der Waals surface area contributed by atoms with Gasteiger partial charge in [0, 0.05) is 43.0 Å². The molecule has 1 aliphatic heterocycles. The van der Waals surface area contributed by atoms with Gasteiger partial charge in [-0.1, -0.05) is 13.8 Å². The zero-order valence-corrected chi connectivity index (χ0v) is 12.1. The van der Waals surface area contributed by atoms with Gasteiger partial charge >= 0.3 is 0 Å². The van der Waals surface area contributed by atoms with Crippen molar-refractivity contribution >= 4 is 11.3 Å². The summed E-state index contributed by atoms with van der Waals surface area (Å²) in [6.45, 7) is 13.4. The molecule has 2 rings (SSSR count). The van der Waals surface area contributed by atoms with E-state index in [-0.39, 0.29) is 0 Å². The fourth-order valence-electron chi connectivity index (χ4n) is 2.30. The predicted molar refractivity (Wildman–Crippen MR) is 73.8 cm³/mol. The Kier molecular flexibility index (Phi) is 4.17. The predicted octanol–water partition coefficient (Wildman–Crippen LogP) is 2.54. The second kappa shape index (κ2) is 5.46. The fraction of sp³-hybridized carbons (Fsp3) is 0.769. The molecule has 0 bridgehead atoms. The normalized spacial score (nSPS) is 19.8. The minimum Gasteiger partial charge on any atom is -0.314 e. The Hall–Kier alpha value is -0.450. The molecule has 0 spiro atoms. The number of aromatic nitrogens is 1. The molecule has 3 nitrogen and oxygen atoms in total. The van der Waals surface area contributed by atoms with Gasteiger partial charge in [0.15, 0.2) is 0 Å². The molecule has 1 atom stereocenters. The molecule has 0 aliphatic carbocycles. The zero-order valence-electron chi connectivity index (χ0n) is 11.3. The first kappa shape index (κ1) is 13.0. The molecule has 0 radical (unpaired) electrons. The molecule has 1 saturated heterocycles. The average molecular weight is 253 g/mol. The molecule has 1 aliphatic rings. The lowest BCUT2D eigenvalue weighted by Crippen LogP contribution is -2.44. The zero-order chi connectivity index (χ0) is 12.4. The summed E-state index contributed by atoms with van der Waals surface area (Å²) in [5.41, 5.74) is 1.23. The van der Waals surface area contributed by atoms with Crippen LogP contribution in [0.15, 0.2) is 0 Å². The minimum atomic E-state index is 0.516. The highest BCUT2D eigenvalue weighted by Gasteiger charge is 2.22. The third-order valence-electron chi connectivity index (χ3n) is 3.42. The van der Waals surface area contributed by atoms with Crippen LogP contribution in [0.3, 0.4) is 0 Å². The molecule has 96 valence electrons. The first-order valence-electron chi connectivity index (χ1n) is 6.51. The monoisotopic (exact) mass is 253 g/mol. The fourth-order valence-corrected chi connectivity index (χ4v) is 3.46. The summed E-state index contributed by atoms with van der Waals surface area (Å²) < 4.78 is 0. The van der Waals surface area contributed by atoms with Crippen molar-refractivity contribution in [3.63, 3.8) is 0 Å². The number of nitrogens with one attached hydrogen (secondary N) is 1. The topological polar surface area (TPSA) is 28.2 Å². The second-order valence-corrected chi connectivity index (χ2v) is 6.18. The average Bonchev–Trinajstić information content (AvgIpc) is 2.72. The molecular weight excluding hydrogens is 230 g/mol. The number of thiazole rings is 1. The van der Waals surface area contributed by atoms with Crippen LogP contribution in [0.4, 0.5) is 0 Å². The van der Waals surface area contributed by atoms with Crippen LogP contribution in [0.1, 0.15) is 48.3 Å². The van der Waals surface area contributed by atoms with Gasteiger partial charge in [-0.25, -0.2) is 4.98 Å². The van der Waals surface area contributed by atoms with Gasteiger partial charge < -0.3 is 5.32 Å². The molecule has 17 heavy (non-hydrogen) atoms. The number of nitrogens with zero attached hydrogens (tertiary/aromatic N) is 2. The molecule has 1 fully saturated rings. The maximum absolute atomic E-state index is 4.70. The van der Waals surface area contributed by atoms with Gasteiger partial charge in [0.05, 0.1) is 10.7 Å². The lowest BCUT2D eigenvalue weighted by Gasteiger charge is -2.32. The maximum Gasteiger partial charge on any atom is 0.0956 e. The Morgan fingerprint density at radius 1 is 1.24 bits per heavy atom. The van der Waals surface area contributed by atoms with Crippen molar-refractivity contribution in [3.8, 4) is 0 Å². The first-order chi connectivity index (χ1) is 8.09. The largest absolute Gasteiger partial charge is 0.314 e. The number of piperazine rings is 1. The molecular formula is C13H23N3S. The van der Waals surface area contributed by atoms with Gasteiger partial charge in [-0.2, -0.15) is 0 Å². The van der Waals surface area contributed by atoms with Gasteiger partial charge in [0.25, 0.3) is 0 Å². The van der Waals surface area contributed by atoms with E-state index in [0.717, 1.165) is 26.2 Å². The van der Waals surface area contributed by atoms with E-state index in [1.54, 1.807) is 0 Å². The molecule has 0 aromatic carbocycles. The van der Waals surface area contributed by atoms with E-state index in [1.807, 2.05) is 11.3 Å². The van der Waals surface area contributed by atoms with E-state index in [1.165, 1.54) is 15.6 Å². The summed E-state index contributed by atoms with van der Waals surface area (Å²) in [6, 6.07) is 0.516. The van der Waals surface area contributed by atoms with Gasteiger partial charge in [0.2, 0.25) is 0 Å². The summed E-state index contributed by atoms with van der Waals surface area (Å²) in [6.07, 6.45) is 0. The quantitative estimate of drug-likeness (QED) is 0.897. The Bertz CT molecular complexity index is 367. The third kappa shape index (κ3) is 2.87. The summed E-state index contributed by atoms with van der Waals surface area (Å²) in [7, 11) is 0. The van der Waals surface area contributed by atoms with Crippen LogP contribution < -0.4 is 5.32 Å². The van der Waals surface area contributed by atoms with E-state index in [9.17, 15) is 0 Å². The van der Waals surface area contributed by atoms with E-state index < -0.39 is 0 Å². The Balaban J connectivity index is 2.14. The number of hydrogen-bond acceptors (Lipinski definition) is 4. The van der Waals surface area contributed by atoms with Crippen molar-refractivity contribution in [3.05, 3.63) is 15.6 Å². The van der Waals surface area contributed by atoms with Crippen molar-refractivity contribution in [1.29, 1.82) is 0 Å². The van der Waals surface area contributed by atoms with Crippen molar-refractivity contribution in [2.75, 3.05) is 26.2 Å². The van der Waals surface area contributed by atoms with Crippen molar-refractivity contribution in [2.24, 2.45) is 0 Å². The molecule has 1 aromatic heterocycles. The Labute approximate surface area is 108 Å². The highest BCUT2D eigenvalue weighted by molar-refractivity contribution is 7.11. The maximum atomic E-state index is 4.70. The van der Waals surface area contributed by atoms with E-state index in [2.05, 4.69) is 37.9 Å². The molecule has 0 amide bonds. The van der Waals surface area contributed by atoms with Crippen molar-refractivity contribution < 1.29 is 0 Å². The molecule has 1 unspecified atom stereocenters. The van der Waals surface area contributed by atoms with Gasteiger partial charge in [-0.05, 0) is 13.8 Å². The SMILES string of the molecule is Cc1nc(C(C)C)sc1C(C)N1CCNCC1. The van der Waals surface area contributed by atoms with Gasteiger partial charge in [-0.3, -0.25) is 4.90 Å². The van der Waals surface area contributed by atoms with Crippen LogP contribution in [0.2, 0.25) is 0 Å². The summed E-state index contributed by atoms with van der Waals surface area (Å²) in [5.74, 6) is 0.544. The third-order valence-corrected chi connectivity index (χ3v) is 5.05. The van der Waals surface area contributed by atoms with Crippen LogP contribution in [-0.4, -0.2) is 36.1 Å². The molecule has 4 heteroatoms. The standard InChI is InChI=1S/C13H23N3S/c1-9(2)13-15-10(3)12(17-13)11(4)16-7-5-14-6-8-16/h9,11,14H,5-8H2,1-4H3. The summed E-state index contributed by atoms with van der Waals surface area (Å²) in [5, 5.41) is 4.68. The van der Waals surface area contributed by atoms with Crippen LogP contribution in [-0.2, 0) is 0 Å². The molecule has 1 N–H and O–H groups in total. The first-order valence-corrected chi connectivity index (χ1v) is 7.33. The summed E-state index contributed by atoms with van der Waals surface area (Å²) in [4.78, 5) is 8.71. The Morgan fingerprint density at radius 2 is 1.88 bits per heavy atom. The van der Waals surface area contributed by atoms with Gasteiger partial charge in [-0.15, -0.1) is 11.3 Å². The summed E-state index contributed by atoms with van der Waals surface area (Å²) >= 11 is 1.90. The van der Waals surface area contributed by atoms with Gasteiger partial charge in [0.1, 0.15) is 0 Å². The van der Waals surface area contributed by atoms with E-state index in [0.29, 0.717) is 12.0 Å². The lowest BCUT2D eigenvalue weighted by molar-refractivity contribution is 0.187. The molecule has 0 saturated carbocycles. The minimum absolute atomic E-state index is 0.516. The van der Waals surface area contributed by atoms with Crippen molar-refractivity contribution in [2.45, 2.75) is 39.7 Å². The smallest absolute Gasteiger partial charge is 0.0956 e. The van der Waals surface area contributed by atoms with Crippen LogP contribution in [0.25, 0.3) is 0 Å². The van der Waals surface area contributed by atoms with Crippen LogP contribution in [0, 0.1) is 6.92 Å². The Morgan fingerprint density at radius 3 is 2.41 bits per heavy atom. The highest BCUT2D eigenvalue weighted by atomic mass is 32.1. The number of hydrogen-bond donors (Lipinski definition) is 1. The molecule has 1 aromatic rings. The number of rotatable bonds is 3. The molecule has 2 heterocycles. The number of aryl methyl sites for hydroxylation is 1. The van der Waals surface area contributed by atoms with Crippen LogP contribution in [0.5, 0.6) is 0 Å². The van der Waals surface area contributed by atoms with E-state index in [4.69, 9.17) is 4.98 Å². The van der Waals surface area contributed by atoms with Crippen molar-refractivity contribution in [1.82, 2.24) is 15.2 Å². The van der Waals surface area contributed by atoms with E-state index >= 15 is 0 Å².